The lowest BCUT2D eigenvalue weighted by atomic mass is 9.95. The minimum absolute atomic E-state index is 0.341. The second kappa shape index (κ2) is 5.47. The normalized spacial score (nSPS) is 20.2. The molecule has 1 fully saturated rings. The second-order valence-electron chi connectivity index (χ2n) is 6.80. The minimum atomic E-state index is -0.834. The van der Waals surface area contributed by atoms with Crippen LogP contribution >= 0.6 is 0 Å². The maximum atomic E-state index is 14.4. The Morgan fingerprint density at radius 3 is 2.80 bits per heavy atom. The molecule has 128 valence electrons. The molecule has 0 bridgehead atoms. The summed E-state index contributed by atoms with van der Waals surface area (Å²) < 4.78 is 30.1. The lowest BCUT2D eigenvalue weighted by molar-refractivity contribution is 0.470. The molecule has 0 spiro atoms. The molecule has 1 aliphatic heterocycles. The molecule has 3 aromatic rings. The van der Waals surface area contributed by atoms with Crippen molar-refractivity contribution in [3.63, 3.8) is 0 Å². The third kappa shape index (κ3) is 2.22. The van der Waals surface area contributed by atoms with Crippen LogP contribution in [0.15, 0.2) is 24.7 Å². The summed E-state index contributed by atoms with van der Waals surface area (Å²) in [6.45, 7) is 0.483. The van der Waals surface area contributed by atoms with Crippen LogP contribution in [0.25, 0.3) is 11.0 Å². The number of rotatable bonds is 2. The van der Waals surface area contributed by atoms with Gasteiger partial charge in [0.1, 0.15) is 6.33 Å². The summed E-state index contributed by atoms with van der Waals surface area (Å²) in [7, 11) is 0. The smallest absolute Gasteiger partial charge is 0.184 e. The van der Waals surface area contributed by atoms with E-state index in [1.165, 1.54) is 19.2 Å². The van der Waals surface area contributed by atoms with Crippen molar-refractivity contribution in [3.05, 3.63) is 47.5 Å². The Balaban J connectivity index is 1.64. The van der Waals surface area contributed by atoms with Gasteiger partial charge < -0.3 is 5.32 Å². The molecular formula is C18H17F2N5. The van der Waals surface area contributed by atoms with Crippen molar-refractivity contribution in [1.29, 1.82) is 0 Å². The minimum Gasteiger partial charge on any atom is -0.384 e. The summed E-state index contributed by atoms with van der Waals surface area (Å²) >= 11 is 0. The van der Waals surface area contributed by atoms with E-state index in [0.29, 0.717) is 35.2 Å². The first-order valence-electron chi connectivity index (χ1n) is 8.64. The van der Waals surface area contributed by atoms with Crippen LogP contribution in [0.3, 0.4) is 0 Å². The lowest BCUT2D eigenvalue weighted by Gasteiger charge is -2.11. The van der Waals surface area contributed by atoms with E-state index in [-0.39, 0.29) is 5.92 Å². The van der Waals surface area contributed by atoms with E-state index in [4.69, 9.17) is 0 Å². The van der Waals surface area contributed by atoms with E-state index >= 15 is 0 Å². The largest absolute Gasteiger partial charge is 0.384 e. The molecule has 1 N–H and O–H groups in total. The van der Waals surface area contributed by atoms with Gasteiger partial charge in [-0.3, -0.25) is 4.68 Å². The van der Waals surface area contributed by atoms with Crippen LogP contribution in [-0.2, 0) is 0 Å². The zero-order chi connectivity index (χ0) is 17.0. The molecule has 25 heavy (non-hydrogen) atoms. The fraction of sp³-hybridized carbons (Fsp3) is 0.389. The van der Waals surface area contributed by atoms with Crippen LogP contribution in [0, 0.1) is 11.6 Å². The first kappa shape index (κ1) is 14.7. The number of nitrogens with one attached hydrogen (secondary N) is 1. The molecular weight excluding hydrogens is 324 g/mol. The molecule has 1 saturated carbocycles. The molecule has 3 heterocycles. The summed E-state index contributed by atoms with van der Waals surface area (Å²) in [4.78, 5) is 8.67. The van der Waals surface area contributed by atoms with Crippen molar-refractivity contribution in [2.45, 2.75) is 37.6 Å². The van der Waals surface area contributed by atoms with Crippen LogP contribution in [0.2, 0.25) is 0 Å². The van der Waals surface area contributed by atoms with Crippen LogP contribution in [0.5, 0.6) is 0 Å². The van der Waals surface area contributed by atoms with Crippen molar-refractivity contribution >= 4 is 16.7 Å². The fourth-order valence-corrected chi connectivity index (χ4v) is 4.12. The summed E-state index contributed by atoms with van der Waals surface area (Å²) in [5, 5.41) is 8.57. The van der Waals surface area contributed by atoms with E-state index < -0.39 is 11.6 Å². The van der Waals surface area contributed by atoms with Gasteiger partial charge in [0.05, 0.1) is 17.1 Å². The van der Waals surface area contributed by atoms with Gasteiger partial charge in [-0.15, -0.1) is 0 Å². The number of halogens is 2. The van der Waals surface area contributed by atoms with Gasteiger partial charge in [0.25, 0.3) is 0 Å². The van der Waals surface area contributed by atoms with Crippen LogP contribution in [0.4, 0.5) is 14.5 Å². The fourth-order valence-electron chi connectivity index (χ4n) is 4.12. The third-order valence-corrected chi connectivity index (χ3v) is 5.37. The highest BCUT2D eigenvalue weighted by atomic mass is 19.2. The van der Waals surface area contributed by atoms with Crippen molar-refractivity contribution in [2.24, 2.45) is 0 Å². The molecule has 1 aliphatic carbocycles. The van der Waals surface area contributed by atoms with Gasteiger partial charge in [0.2, 0.25) is 0 Å². The Kier molecular flexibility index (Phi) is 3.23. The van der Waals surface area contributed by atoms with Gasteiger partial charge in [-0.2, -0.15) is 5.10 Å². The number of hydrogen-bond acceptors (Lipinski definition) is 4. The van der Waals surface area contributed by atoms with Crippen molar-refractivity contribution < 1.29 is 8.78 Å². The average Bonchev–Trinajstić information content (AvgIpc) is 3.36. The Hall–Kier alpha value is -2.57. The van der Waals surface area contributed by atoms with Crippen LogP contribution in [0.1, 0.15) is 48.9 Å². The number of nitrogens with zero attached hydrogens (tertiary/aromatic N) is 4. The predicted octanol–water partition coefficient (Wildman–Crippen LogP) is 3.78. The van der Waals surface area contributed by atoms with E-state index in [9.17, 15) is 8.78 Å². The average molecular weight is 341 g/mol. The van der Waals surface area contributed by atoms with Gasteiger partial charge in [0, 0.05) is 29.9 Å². The van der Waals surface area contributed by atoms with Gasteiger partial charge in [-0.1, -0.05) is 12.8 Å². The summed E-state index contributed by atoms with van der Waals surface area (Å²) in [6, 6.07) is 3.12. The topological polar surface area (TPSA) is 55.6 Å². The Bertz CT molecular complexity index is 961. The predicted molar refractivity (Wildman–Crippen MR) is 89.5 cm³/mol. The van der Waals surface area contributed by atoms with Gasteiger partial charge in [-0.05, 0) is 25.0 Å². The second-order valence-corrected chi connectivity index (χ2v) is 6.80. The maximum absolute atomic E-state index is 14.4. The highest BCUT2D eigenvalue weighted by Gasteiger charge is 2.32. The van der Waals surface area contributed by atoms with E-state index in [2.05, 4.69) is 20.4 Å². The molecule has 5 nitrogen and oxygen atoms in total. The monoisotopic (exact) mass is 341 g/mol. The zero-order valence-electron chi connectivity index (χ0n) is 13.5. The van der Waals surface area contributed by atoms with Gasteiger partial charge in [-0.25, -0.2) is 18.7 Å². The standard InChI is InChI=1S/C18H17F2N5/c19-13-5-6-14-15(16(13)20)11(7-21-14)17-12-8-25(10-3-1-2-4-10)24-18(12)23-9-22-17/h5-6,8-11,21H,1-4,7H2. The molecule has 2 aromatic heterocycles. The van der Waals surface area contributed by atoms with Crippen molar-refractivity contribution in [3.8, 4) is 0 Å². The zero-order valence-corrected chi connectivity index (χ0v) is 13.5. The Morgan fingerprint density at radius 2 is 1.96 bits per heavy atom. The number of benzene rings is 1. The SMILES string of the molecule is Fc1ccc2c(c1F)C(c1ncnc3nn(C4CCCC4)cc13)CN2. The molecule has 1 aromatic carbocycles. The summed E-state index contributed by atoms with van der Waals surface area (Å²) in [5.74, 6) is -1.99. The Labute approximate surface area is 143 Å². The number of fused-ring (bicyclic) bond motifs is 2. The van der Waals surface area contributed by atoms with Gasteiger partial charge in [0.15, 0.2) is 17.3 Å². The van der Waals surface area contributed by atoms with Crippen molar-refractivity contribution in [2.75, 3.05) is 11.9 Å². The maximum Gasteiger partial charge on any atom is 0.184 e. The first-order chi connectivity index (χ1) is 12.2. The third-order valence-electron chi connectivity index (χ3n) is 5.37. The number of hydrogen-bond donors (Lipinski definition) is 1. The molecule has 0 amide bonds. The molecule has 7 heteroatoms. The highest BCUT2D eigenvalue weighted by molar-refractivity contribution is 5.79. The summed E-state index contributed by atoms with van der Waals surface area (Å²) in [5.41, 5.74) is 2.28. The lowest BCUT2D eigenvalue weighted by Crippen LogP contribution is -2.08. The Morgan fingerprint density at radius 1 is 1.12 bits per heavy atom. The van der Waals surface area contributed by atoms with E-state index in [1.807, 2.05) is 10.9 Å². The molecule has 0 saturated heterocycles. The van der Waals surface area contributed by atoms with Gasteiger partial charge >= 0.3 is 0 Å². The molecule has 2 aliphatic rings. The highest BCUT2D eigenvalue weighted by Crippen LogP contribution is 2.40. The van der Waals surface area contributed by atoms with E-state index in [0.717, 1.165) is 24.3 Å². The molecule has 5 rings (SSSR count). The quantitative estimate of drug-likeness (QED) is 0.771. The number of anilines is 1. The van der Waals surface area contributed by atoms with Crippen LogP contribution in [-0.4, -0.2) is 26.3 Å². The van der Waals surface area contributed by atoms with Crippen molar-refractivity contribution in [1.82, 2.24) is 19.7 Å². The van der Waals surface area contributed by atoms with E-state index in [1.54, 1.807) is 6.07 Å². The first-order valence-corrected chi connectivity index (χ1v) is 8.64. The molecule has 0 radical (unpaired) electrons. The molecule has 1 unspecified atom stereocenters. The van der Waals surface area contributed by atoms with Crippen LogP contribution < -0.4 is 5.32 Å². The molecule has 1 atom stereocenters. The summed E-state index contributed by atoms with van der Waals surface area (Å²) in [6.07, 6.45) is 8.08. The number of aromatic nitrogens is 4.